The number of benzene rings is 3. The summed E-state index contributed by atoms with van der Waals surface area (Å²) in [5.41, 5.74) is 0.874. The zero-order valence-corrected chi connectivity index (χ0v) is 17.8. The Bertz CT molecular complexity index is 1180. The van der Waals surface area contributed by atoms with Crippen LogP contribution in [0.1, 0.15) is 10.4 Å². The number of hydrogen-bond acceptors (Lipinski definition) is 5. The molecule has 0 spiro atoms. The summed E-state index contributed by atoms with van der Waals surface area (Å²) in [6, 6.07) is 17.4. The highest BCUT2D eigenvalue weighted by atomic mass is 35.5. The molecule has 3 aromatic rings. The summed E-state index contributed by atoms with van der Waals surface area (Å²) in [5.74, 6) is 0.236. The third-order valence-electron chi connectivity index (χ3n) is 4.16. The van der Waals surface area contributed by atoms with E-state index in [1.54, 1.807) is 54.6 Å². The zero-order valence-electron chi connectivity index (χ0n) is 16.2. The molecule has 0 aliphatic heterocycles. The molecule has 0 saturated carbocycles. The van der Waals surface area contributed by atoms with Gasteiger partial charge in [0.05, 0.1) is 24.9 Å². The Morgan fingerprint density at radius 1 is 0.933 bits per heavy atom. The van der Waals surface area contributed by atoms with E-state index in [0.717, 1.165) is 0 Å². The number of ether oxygens (including phenoxy) is 2. The molecule has 1 amide bonds. The minimum absolute atomic E-state index is 0.119. The van der Waals surface area contributed by atoms with Gasteiger partial charge in [0, 0.05) is 11.3 Å². The molecule has 30 heavy (non-hydrogen) atoms. The largest absolute Gasteiger partial charge is 0.497 e. The lowest BCUT2D eigenvalue weighted by Crippen LogP contribution is -2.16. The van der Waals surface area contributed by atoms with Crippen LogP contribution in [-0.4, -0.2) is 28.5 Å². The van der Waals surface area contributed by atoms with Crippen molar-refractivity contribution in [3.63, 3.8) is 0 Å². The number of sulfonamides is 1. The lowest BCUT2D eigenvalue weighted by molar-refractivity contribution is 0.102. The molecule has 0 fully saturated rings. The first-order valence-corrected chi connectivity index (χ1v) is 10.6. The Morgan fingerprint density at radius 2 is 1.70 bits per heavy atom. The van der Waals surface area contributed by atoms with Crippen LogP contribution in [0, 0.1) is 0 Å². The van der Waals surface area contributed by atoms with Gasteiger partial charge in [0.1, 0.15) is 16.4 Å². The molecule has 7 nitrogen and oxygen atoms in total. The Kier molecular flexibility index (Phi) is 6.49. The van der Waals surface area contributed by atoms with Gasteiger partial charge in [-0.05, 0) is 48.5 Å². The predicted molar refractivity (Wildman–Crippen MR) is 116 cm³/mol. The molecule has 0 aliphatic carbocycles. The molecule has 3 aromatic carbocycles. The second-order valence-corrected chi connectivity index (χ2v) is 8.20. The van der Waals surface area contributed by atoms with Crippen LogP contribution in [0.25, 0.3) is 0 Å². The molecule has 0 atom stereocenters. The second-order valence-electron chi connectivity index (χ2n) is 6.14. The highest BCUT2D eigenvalue weighted by molar-refractivity contribution is 7.92. The maximum absolute atomic E-state index is 12.9. The topological polar surface area (TPSA) is 93.7 Å². The fraction of sp³-hybridized carbons (Fsp3) is 0.0952. The van der Waals surface area contributed by atoms with Gasteiger partial charge in [-0.3, -0.25) is 9.52 Å². The number of hydrogen-bond donors (Lipinski definition) is 2. The Balaban J connectivity index is 1.91. The van der Waals surface area contributed by atoms with Gasteiger partial charge in [-0.25, -0.2) is 8.42 Å². The number of carbonyl (C=O) groups excluding carboxylic acids is 1. The van der Waals surface area contributed by atoms with E-state index in [0.29, 0.717) is 11.3 Å². The van der Waals surface area contributed by atoms with Gasteiger partial charge in [-0.1, -0.05) is 29.8 Å². The van der Waals surface area contributed by atoms with Crippen LogP contribution < -0.4 is 19.5 Å². The number of carbonyl (C=O) groups is 1. The van der Waals surface area contributed by atoms with Gasteiger partial charge in [0.25, 0.3) is 15.9 Å². The van der Waals surface area contributed by atoms with Crippen molar-refractivity contribution >= 4 is 38.9 Å². The van der Waals surface area contributed by atoms with E-state index in [4.69, 9.17) is 21.1 Å². The first-order valence-electron chi connectivity index (χ1n) is 8.75. The van der Waals surface area contributed by atoms with E-state index < -0.39 is 15.9 Å². The van der Waals surface area contributed by atoms with E-state index in [9.17, 15) is 13.2 Å². The SMILES string of the molecule is COc1cccc(C(=O)Nc2ccc(OC)c(S(=O)(=O)Nc3ccccc3Cl)c2)c1. The first kappa shape index (κ1) is 21.5. The van der Waals surface area contributed by atoms with Crippen molar-refractivity contribution in [3.8, 4) is 11.5 Å². The molecule has 9 heteroatoms. The normalized spacial score (nSPS) is 10.9. The molecule has 0 bridgehead atoms. The highest BCUT2D eigenvalue weighted by Crippen LogP contribution is 2.31. The van der Waals surface area contributed by atoms with Crippen LogP contribution in [0.15, 0.2) is 71.6 Å². The van der Waals surface area contributed by atoms with Crippen LogP contribution in [0.3, 0.4) is 0 Å². The third kappa shape index (κ3) is 4.84. The van der Waals surface area contributed by atoms with Gasteiger partial charge in [-0.15, -0.1) is 0 Å². The summed E-state index contributed by atoms with van der Waals surface area (Å²) in [5, 5.41) is 2.93. The van der Waals surface area contributed by atoms with Gasteiger partial charge < -0.3 is 14.8 Å². The molecule has 0 aliphatic rings. The van der Waals surface area contributed by atoms with Crippen molar-refractivity contribution in [2.24, 2.45) is 0 Å². The summed E-state index contributed by atoms with van der Waals surface area (Å²) in [4.78, 5) is 12.4. The molecule has 2 N–H and O–H groups in total. The molecule has 0 aromatic heterocycles. The van der Waals surface area contributed by atoms with Crippen molar-refractivity contribution in [2.45, 2.75) is 4.90 Å². The predicted octanol–water partition coefficient (Wildman–Crippen LogP) is 4.41. The van der Waals surface area contributed by atoms with E-state index in [1.807, 2.05) is 0 Å². The minimum atomic E-state index is -4.04. The fourth-order valence-electron chi connectivity index (χ4n) is 2.68. The molecule has 3 rings (SSSR count). The maximum Gasteiger partial charge on any atom is 0.265 e. The van der Waals surface area contributed by atoms with E-state index in [-0.39, 0.29) is 27.0 Å². The Hall–Kier alpha value is -3.23. The smallest absolute Gasteiger partial charge is 0.265 e. The zero-order chi connectivity index (χ0) is 21.7. The summed E-state index contributed by atoms with van der Waals surface area (Å²) in [6.45, 7) is 0. The van der Waals surface area contributed by atoms with Gasteiger partial charge in [0.2, 0.25) is 0 Å². The van der Waals surface area contributed by atoms with Crippen molar-refractivity contribution in [2.75, 3.05) is 24.3 Å². The van der Waals surface area contributed by atoms with Crippen LogP contribution in [0.4, 0.5) is 11.4 Å². The lowest BCUT2D eigenvalue weighted by Gasteiger charge is -2.14. The molecular formula is C21H19ClN2O5S. The number of methoxy groups -OCH3 is 2. The average molecular weight is 447 g/mol. The molecule has 0 saturated heterocycles. The Labute approximate surface area is 179 Å². The summed E-state index contributed by atoms with van der Waals surface area (Å²) < 4.78 is 38.6. The van der Waals surface area contributed by atoms with E-state index in [1.165, 1.54) is 26.4 Å². The number of anilines is 2. The molecular weight excluding hydrogens is 428 g/mol. The van der Waals surface area contributed by atoms with Crippen LogP contribution >= 0.6 is 11.6 Å². The second kappa shape index (κ2) is 9.06. The van der Waals surface area contributed by atoms with Gasteiger partial charge >= 0.3 is 0 Å². The number of nitrogens with one attached hydrogen (secondary N) is 2. The number of halogens is 1. The quantitative estimate of drug-likeness (QED) is 0.560. The number of amides is 1. The molecule has 0 heterocycles. The van der Waals surface area contributed by atoms with Crippen molar-refractivity contribution < 1.29 is 22.7 Å². The van der Waals surface area contributed by atoms with Crippen molar-refractivity contribution in [1.29, 1.82) is 0 Å². The third-order valence-corrected chi connectivity index (χ3v) is 5.88. The molecule has 0 radical (unpaired) electrons. The maximum atomic E-state index is 12.9. The van der Waals surface area contributed by atoms with Gasteiger partial charge in [0.15, 0.2) is 0 Å². The first-order chi connectivity index (χ1) is 14.3. The molecule has 0 unspecified atom stereocenters. The average Bonchev–Trinajstić information content (AvgIpc) is 2.75. The fourth-order valence-corrected chi connectivity index (χ4v) is 4.19. The van der Waals surface area contributed by atoms with Crippen LogP contribution in [0.5, 0.6) is 11.5 Å². The molecule has 156 valence electrons. The van der Waals surface area contributed by atoms with Crippen molar-refractivity contribution in [3.05, 3.63) is 77.3 Å². The summed E-state index contributed by atoms with van der Waals surface area (Å²) in [6.07, 6.45) is 0. The monoisotopic (exact) mass is 446 g/mol. The van der Waals surface area contributed by atoms with Gasteiger partial charge in [-0.2, -0.15) is 0 Å². The van der Waals surface area contributed by atoms with Crippen molar-refractivity contribution in [1.82, 2.24) is 0 Å². The summed E-state index contributed by atoms with van der Waals surface area (Å²) in [7, 11) is -1.18. The number of para-hydroxylation sites is 1. The van der Waals surface area contributed by atoms with E-state index in [2.05, 4.69) is 10.0 Å². The minimum Gasteiger partial charge on any atom is -0.497 e. The summed E-state index contributed by atoms with van der Waals surface area (Å²) >= 11 is 6.06. The van der Waals surface area contributed by atoms with Crippen LogP contribution in [0.2, 0.25) is 5.02 Å². The number of rotatable bonds is 7. The van der Waals surface area contributed by atoms with E-state index >= 15 is 0 Å². The lowest BCUT2D eigenvalue weighted by atomic mass is 10.2. The Morgan fingerprint density at radius 3 is 2.40 bits per heavy atom. The highest BCUT2D eigenvalue weighted by Gasteiger charge is 2.22. The van der Waals surface area contributed by atoms with Crippen LogP contribution in [-0.2, 0) is 10.0 Å². The standard InChI is InChI=1S/C21H19ClN2O5S/c1-28-16-7-5-6-14(12-16)21(25)23-15-10-11-19(29-2)20(13-15)30(26,27)24-18-9-4-3-8-17(18)22/h3-13,24H,1-2H3,(H,23,25).